The lowest BCUT2D eigenvalue weighted by Crippen LogP contribution is -2.34. The first kappa shape index (κ1) is 7.34. The number of primary amides is 1. The van der Waals surface area contributed by atoms with Gasteiger partial charge in [0.1, 0.15) is 5.60 Å². The molecule has 0 bridgehead atoms. The number of carbonyl (C=O) groups excluding carboxylic acids is 1. The van der Waals surface area contributed by atoms with E-state index in [4.69, 9.17) is 15.2 Å². The van der Waals surface area contributed by atoms with Gasteiger partial charge in [0.2, 0.25) is 0 Å². The molecule has 0 aromatic carbocycles. The van der Waals surface area contributed by atoms with Crippen molar-refractivity contribution < 1.29 is 14.3 Å². The minimum absolute atomic E-state index is 0.454. The van der Waals surface area contributed by atoms with E-state index in [9.17, 15) is 4.79 Å². The number of rotatable bonds is 1. The third-order valence-corrected chi connectivity index (χ3v) is 1.53. The number of amides is 1. The van der Waals surface area contributed by atoms with E-state index >= 15 is 0 Å². The maximum Gasteiger partial charge on any atom is 0.405 e. The molecule has 1 fully saturated rings. The van der Waals surface area contributed by atoms with Crippen LogP contribution in [0.5, 0.6) is 0 Å². The first-order chi connectivity index (χ1) is 4.62. The smallest absolute Gasteiger partial charge is 0.405 e. The van der Waals surface area contributed by atoms with Crippen molar-refractivity contribution in [2.24, 2.45) is 5.73 Å². The quantitative estimate of drug-likeness (QED) is 0.575. The average molecular weight is 145 g/mol. The number of nitrogens with two attached hydrogens (primary N) is 1. The van der Waals surface area contributed by atoms with Crippen molar-refractivity contribution >= 4 is 6.09 Å². The second kappa shape index (κ2) is 2.46. The lowest BCUT2D eigenvalue weighted by Gasteiger charge is -2.20. The van der Waals surface area contributed by atoms with Gasteiger partial charge >= 0.3 is 6.09 Å². The standard InChI is InChI=1S/C6H11NO3/c1-6(10-5(7)8)2-3-9-4-6/h2-4H2,1H3,(H2,7,8)/t6-/m0/s1. The van der Waals surface area contributed by atoms with Gasteiger partial charge in [0.25, 0.3) is 0 Å². The van der Waals surface area contributed by atoms with E-state index in [-0.39, 0.29) is 0 Å². The van der Waals surface area contributed by atoms with Crippen molar-refractivity contribution in [2.75, 3.05) is 13.2 Å². The molecule has 4 nitrogen and oxygen atoms in total. The summed E-state index contributed by atoms with van der Waals surface area (Å²) < 4.78 is 9.84. The summed E-state index contributed by atoms with van der Waals surface area (Å²) in [7, 11) is 0. The summed E-state index contributed by atoms with van der Waals surface area (Å²) in [6.45, 7) is 2.91. The normalized spacial score (nSPS) is 32.1. The fourth-order valence-electron chi connectivity index (χ4n) is 0.972. The van der Waals surface area contributed by atoms with Crippen LogP contribution in [0.3, 0.4) is 0 Å². The van der Waals surface area contributed by atoms with Crippen LogP contribution in [0.15, 0.2) is 0 Å². The highest BCUT2D eigenvalue weighted by molar-refractivity contribution is 5.65. The molecule has 4 heteroatoms. The Kier molecular flexibility index (Phi) is 1.80. The molecule has 1 heterocycles. The van der Waals surface area contributed by atoms with E-state index in [2.05, 4.69) is 0 Å². The Morgan fingerprint density at radius 1 is 1.80 bits per heavy atom. The molecule has 1 saturated heterocycles. The zero-order valence-electron chi connectivity index (χ0n) is 5.92. The first-order valence-corrected chi connectivity index (χ1v) is 3.19. The van der Waals surface area contributed by atoms with Crippen molar-refractivity contribution in [2.45, 2.75) is 18.9 Å². The SMILES string of the molecule is C[C@]1(OC(N)=O)CCOC1. The molecule has 1 amide bonds. The van der Waals surface area contributed by atoms with Crippen LogP contribution in [0.4, 0.5) is 4.79 Å². The Labute approximate surface area is 59.3 Å². The van der Waals surface area contributed by atoms with Crippen molar-refractivity contribution in [1.29, 1.82) is 0 Å². The Morgan fingerprint density at radius 2 is 2.50 bits per heavy atom. The minimum Gasteiger partial charge on any atom is -0.441 e. The molecule has 1 aliphatic rings. The van der Waals surface area contributed by atoms with E-state index < -0.39 is 11.7 Å². The molecule has 0 unspecified atom stereocenters. The third kappa shape index (κ3) is 1.60. The summed E-state index contributed by atoms with van der Waals surface area (Å²) in [4.78, 5) is 10.3. The molecule has 0 aromatic rings. The molecule has 58 valence electrons. The third-order valence-electron chi connectivity index (χ3n) is 1.53. The molecule has 1 aliphatic heterocycles. The largest absolute Gasteiger partial charge is 0.441 e. The van der Waals surface area contributed by atoms with Crippen molar-refractivity contribution in [3.05, 3.63) is 0 Å². The first-order valence-electron chi connectivity index (χ1n) is 3.19. The number of ether oxygens (including phenoxy) is 2. The van der Waals surface area contributed by atoms with Crippen LogP contribution in [0.2, 0.25) is 0 Å². The lowest BCUT2D eigenvalue weighted by molar-refractivity contribution is 0.0214. The lowest BCUT2D eigenvalue weighted by atomic mass is 10.1. The minimum atomic E-state index is -0.729. The Bertz CT molecular complexity index is 140. The predicted molar refractivity (Wildman–Crippen MR) is 34.5 cm³/mol. The highest BCUT2D eigenvalue weighted by Gasteiger charge is 2.32. The molecular weight excluding hydrogens is 134 g/mol. The van der Waals surface area contributed by atoms with Crippen LogP contribution >= 0.6 is 0 Å². The molecule has 1 rings (SSSR count). The zero-order valence-corrected chi connectivity index (χ0v) is 5.92. The van der Waals surface area contributed by atoms with Crippen LogP contribution in [0.1, 0.15) is 13.3 Å². The molecule has 0 radical (unpaired) electrons. The van der Waals surface area contributed by atoms with Gasteiger partial charge in [-0.1, -0.05) is 0 Å². The van der Waals surface area contributed by atoms with Crippen molar-refractivity contribution in [3.8, 4) is 0 Å². The molecule has 0 saturated carbocycles. The maximum absolute atomic E-state index is 10.3. The molecule has 0 aliphatic carbocycles. The number of carbonyl (C=O) groups is 1. The highest BCUT2D eigenvalue weighted by atomic mass is 16.6. The summed E-state index contributed by atoms with van der Waals surface area (Å²) in [5.74, 6) is 0. The molecular formula is C6H11NO3. The van der Waals surface area contributed by atoms with Crippen LogP contribution in [0.25, 0.3) is 0 Å². The van der Waals surface area contributed by atoms with Crippen molar-refractivity contribution in [3.63, 3.8) is 0 Å². The van der Waals surface area contributed by atoms with E-state index in [1.54, 1.807) is 0 Å². The fourth-order valence-corrected chi connectivity index (χ4v) is 0.972. The second-order valence-electron chi connectivity index (χ2n) is 2.67. The molecule has 0 aromatic heterocycles. The second-order valence-corrected chi connectivity index (χ2v) is 2.67. The average Bonchev–Trinajstić information content (AvgIpc) is 2.12. The summed E-state index contributed by atoms with van der Waals surface area (Å²) >= 11 is 0. The van der Waals surface area contributed by atoms with Gasteiger partial charge in [0.05, 0.1) is 13.2 Å². The summed E-state index contributed by atoms with van der Waals surface area (Å²) in [6.07, 6.45) is 0.00338. The number of hydrogen-bond acceptors (Lipinski definition) is 3. The zero-order chi connectivity index (χ0) is 7.61. The predicted octanol–water partition coefficient (Wildman–Crippen LogP) is 0.261. The van der Waals surface area contributed by atoms with E-state index in [1.807, 2.05) is 6.92 Å². The van der Waals surface area contributed by atoms with E-state index in [0.717, 1.165) is 6.42 Å². The molecule has 10 heavy (non-hydrogen) atoms. The summed E-state index contributed by atoms with van der Waals surface area (Å²) in [5, 5.41) is 0. The van der Waals surface area contributed by atoms with Gasteiger partial charge < -0.3 is 15.2 Å². The van der Waals surface area contributed by atoms with E-state index in [0.29, 0.717) is 13.2 Å². The van der Waals surface area contributed by atoms with Crippen LogP contribution in [0, 0.1) is 0 Å². The Morgan fingerprint density at radius 3 is 2.90 bits per heavy atom. The highest BCUT2D eigenvalue weighted by Crippen LogP contribution is 2.21. The fraction of sp³-hybridized carbons (Fsp3) is 0.833. The van der Waals surface area contributed by atoms with Gasteiger partial charge in [-0.2, -0.15) is 0 Å². The monoisotopic (exact) mass is 145 g/mol. The van der Waals surface area contributed by atoms with Gasteiger partial charge in [-0.25, -0.2) is 4.79 Å². The van der Waals surface area contributed by atoms with Gasteiger partial charge in [-0.05, 0) is 6.92 Å². The van der Waals surface area contributed by atoms with Gasteiger partial charge in [0.15, 0.2) is 0 Å². The maximum atomic E-state index is 10.3. The van der Waals surface area contributed by atoms with E-state index in [1.165, 1.54) is 0 Å². The van der Waals surface area contributed by atoms with Gasteiger partial charge in [-0.3, -0.25) is 0 Å². The Balaban J connectivity index is 2.43. The van der Waals surface area contributed by atoms with Gasteiger partial charge in [-0.15, -0.1) is 0 Å². The Hall–Kier alpha value is -0.770. The summed E-state index contributed by atoms with van der Waals surface area (Å²) in [5.41, 5.74) is 4.36. The van der Waals surface area contributed by atoms with Crippen LogP contribution in [-0.2, 0) is 9.47 Å². The van der Waals surface area contributed by atoms with Crippen LogP contribution in [-0.4, -0.2) is 24.9 Å². The summed E-state index contributed by atoms with van der Waals surface area (Å²) in [6, 6.07) is 0. The molecule has 1 atom stereocenters. The molecule has 2 N–H and O–H groups in total. The molecule has 0 spiro atoms. The van der Waals surface area contributed by atoms with Gasteiger partial charge in [0, 0.05) is 6.42 Å². The van der Waals surface area contributed by atoms with Crippen molar-refractivity contribution in [1.82, 2.24) is 0 Å². The number of hydrogen-bond donors (Lipinski definition) is 1. The van der Waals surface area contributed by atoms with Crippen LogP contribution < -0.4 is 5.73 Å². The topological polar surface area (TPSA) is 61.5 Å².